The molecule has 0 atom stereocenters. The standard InChI is InChI=1S/C8H8F3NOS/c1-5-2-6(3-14-5)7(13)12-4-8(9,10)11/h2-3H,4H2,1H3,(H,12,13). The molecule has 1 heterocycles. The molecule has 0 aliphatic rings. The number of halogens is 3. The van der Waals surface area contributed by atoms with Crippen LogP contribution in [0.2, 0.25) is 0 Å². The summed E-state index contributed by atoms with van der Waals surface area (Å²) in [7, 11) is 0. The zero-order valence-corrected chi connectivity index (χ0v) is 8.13. The van der Waals surface area contributed by atoms with Gasteiger partial charge in [-0.1, -0.05) is 0 Å². The van der Waals surface area contributed by atoms with Gasteiger partial charge >= 0.3 is 6.18 Å². The van der Waals surface area contributed by atoms with Gasteiger partial charge in [0.1, 0.15) is 6.54 Å². The third kappa shape index (κ3) is 3.37. The summed E-state index contributed by atoms with van der Waals surface area (Å²) in [5, 5.41) is 3.32. The first-order valence-electron chi connectivity index (χ1n) is 3.78. The van der Waals surface area contributed by atoms with E-state index in [0.29, 0.717) is 0 Å². The Morgan fingerprint density at radius 3 is 2.64 bits per heavy atom. The third-order valence-electron chi connectivity index (χ3n) is 1.44. The minimum atomic E-state index is -4.36. The van der Waals surface area contributed by atoms with Gasteiger partial charge in [0.05, 0.1) is 5.56 Å². The van der Waals surface area contributed by atoms with Crippen molar-refractivity contribution in [1.29, 1.82) is 0 Å². The largest absolute Gasteiger partial charge is 0.405 e. The van der Waals surface area contributed by atoms with E-state index in [-0.39, 0.29) is 5.56 Å². The van der Waals surface area contributed by atoms with Crippen LogP contribution in [0, 0.1) is 6.92 Å². The molecule has 1 rings (SSSR count). The molecule has 0 bridgehead atoms. The summed E-state index contributed by atoms with van der Waals surface area (Å²) in [5.41, 5.74) is 0.275. The van der Waals surface area contributed by atoms with Gasteiger partial charge in [-0.15, -0.1) is 11.3 Å². The van der Waals surface area contributed by atoms with Crippen LogP contribution in [0.5, 0.6) is 0 Å². The van der Waals surface area contributed by atoms with Crippen LogP contribution in [-0.4, -0.2) is 18.6 Å². The lowest BCUT2D eigenvalue weighted by Gasteiger charge is -2.06. The highest BCUT2D eigenvalue weighted by Crippen LogP contribution is 2.15. The normalized spacial score (nSPS) is 11.4. The average Bonchev–Trinajstić information content (AvgIpc) is 2.46. The molecule has 1 amide bonds. The highest BCUT2D eigenvalue weighted by molar-refractivity contribution is 7.10. The van der Waals surface area contributed by atoms with Gasteiger partial charge < -0.3 is 5.32 Å². The monoisotopic (exact) mass is 223 g/mol. The topological polar surface area (TPSA) is 29.1 Å². The number of rotatable bonds is 2. The van der Waals surface area contributed by atoms with Gasteiger partial charge in [0.25, 0.3) is 5.91 Å². The second-order valence-electron chi connectivity index (χ2n) is 2.74. The SMILES string of the molecule is Cc1cc(C(=O)NCC(F)(F)F)cs1. The predicted molar refractivity (Wildman–Crippen MR) is 47.4 cm³/mol. The summed E-state index contributed by atoms with van der Waals surface area (Å²) in [5.74, 6) is -0.688. The predicted octanol–water partition coefficient (Wildman–Crippen LogP) is 2.35. The number of carbonyl (C=O) groups is 1. The van der Waals surface area contributed by atoms with Gasteiger partial charge in [-0.2, -0.15) is 13.2 Å². The average molecular weight is 223 g/mol. The highest BCUT2D eigenvalue weighted by atomic mass is 32.1. The molecule has 6 heteroatoms. The van der Waals surface area contributed by atoms with E-state index in [4.69, 9.17) is 0 Å². The van der Waals surface area contributed by atoms with Crippen LogP contribution in [0.3, 0.4) is 0 Å². The molecule has 0 saturated carbocycles. The van der Waals surface area contributed by atoms with Gasteiger partial charge in [0, 0.05) is 10.3 Å². The van der Waals surface area contributed by atoms with Crippen LogP contribution >= 0.6 is 11.3 Å². The van der Waals surface area contributed by atoms with E-state index < -0.39 is 18.6 Å². The maximum absolute atomic E-state index is 11.7. The minimum Gasteiger partial charge on any atom is -0.343 e. The second kappa shape index (κ2) is 4.00. The molecule has 1 aromatic rings. The number of hydrogen-bond donors (Lipinski definition) is 1. The van der Waals surface area contributed by atoms with Crippen LogP contribution in [-0.2, 0) is 0 Å². The Hall–Kier alpha value is -1.04. The van der Waals surface area contributed by atoms with Crippen LogP contribution in [0.4, 0.5) is 13.2 Å². The molecule has 0 aromatic carbocycles. The zero-order valence-electron chi connectivity index (χ0n) is 7.31. The molecule has 1 N–H and O–H groups in total. The molecule has 2 nitrogen and oxygen atoms in total. The Labute approximate surface area is 82.7 Å². The van der Waals surface area contributed by atoms with E-state index in [0.717, 1.165) is 4.88 Å². The number of aryl methyl sites for hydroxylation is 1. The van der Waals surface area contributed by atoms with Crippen molar-refractivity contribution in [3.63, 3.8) is 0 Å². The van der Waals surface area contributed by atoms with Crippen LogP contribution in [0.25, 0.3) is 0 Å². The van der Waals surface area contributed by atoms with E-state index in [9.17, 15) is 18.0 Å². The molecule has 14 heavy (non-hydrogen) atoms. The molecule has 0 radical (unpaired) electrons. The fourth-order valence-corrected chi connectivity index (χ4v) is 1.53. The summed E-state index contributed by atoms with van der Waals surface area (Å²) in [6.45, 7) is 0.492. The van der Waals surface area contributed by atoms with E-state index in [1.807, 2.05) is 0 Å². The lowest BCUT2D eigenvalue weighted by Crippen LogP contribution is -2.33. The Balaban J connectivity index is 2.52. The van der Waals surface area contributed by atoms with E-state index in [1.165, 1.54) is 16.7 Å². The first-order chi connectivity index (χ1) is 6.38. The molecule has 0 spiro atoms. The van der Waals surface area contributed by atoms with Crippen molar-refractivity contribution in [1.82, 2.24) is 5.32 Å². The van der Waals surface area contributed by atoms with Gasteiger partial charge in [-0.05, 0) is 13.0 Å². The Morgan fingerprint density at radius 2 is 2.21 bits per heavy atom. The maximum atomic E-state index is 11.7. The summed E-state index contributed by atoms with van der Waals surface area (Å²) in [4.78, 5) is 12.0. The molecule has 0 unspecified atom stereocenters. The van der Waals surface area contributed by atoms with Gasteiger partial charge in [0.15, 0.2) is 0 Å². The van der Waals surface area contributed by atoms with E-state index in [1.54, 1.807) is 18.3 Å². The van der Waals surface area contributed by atoms with Gasteiger partial charge in [-0.3, -0.25) is 4.79 Å². The minimum absolute atomic E-state index is 0.275. The lowest BCUT2D eigenvalue weighted by molar-refractivity contribution is -0.123. The van der Waals surface area contributed by atoms with E-state index >= 15 is 0 Å². The Bertz CT molecular complexity index is 332. The van der Waals surface area contributed by atoms with Crippen LogP contribution in [0.15, 0.2) is 11.4 Å². The lowest BCUT2D eigenvalue weighted by atomic mass is 10.3. The Morgan fingerprint density at radius 1 is 1.57 bits per heavy atom. The van der Waals surface area contributed by atoms with Crippen molar-refractivity contribution in [2.24, 2.45) is 0 Å². The number of alkyl halides is 3. The highest BCUT2D eigenvalue weighted by Gasteiger charge is 2.27. The van der Waals surface area contributed by atoms with Crippen molar-refractivity contribution < 1.29 is 18.0 Å². The number of amides is 1. The number of hydrogen-bond acceptors (Lipinski definition) is 2. The van der Waals surface area contributed by atoms with Crippen LogP contribution < -0.4 is 5.32 Å². The van der Waals surface area contributed by atoms with Gasteiger partial charge in [-0.25, -0.2) is 0 Å². The maximum Gasteiger partial charge on any atom is 0.405 e. The van der Waals surface area contributed by atoms with Crippen molar-refractivity contribution in [2.75, 3.05) is 6.54 Å². The van der Waals surface area contributed by atoms with Crippen LogP contribution in [0.1, 0.15) is 15.2 Å². The summed E-state index contributed by atoms with van der Waals surface area (Å²) >= 11 is 1.32. The first kappa shape index (κ1) is 11.0. The quantitative estimate of drug-likeness (QED) is 0.819. The number of nitrogens with one attached hydrogen (secondary N) is 1. The number of carbonyl (C=O) groups excluding carboxylic acids is 1. The molecule has 0 saturated heterocycles. The summed E-state index contributed by atoms with van der Waals surface area (Å²) in [6.07, 6.45) is -4.36. The molecule has 0 aliphatic carbocycles. The smallest absolute Gasteiger partial charge is 0.343 e. The number of thiophene rings is 1. The molecule has 1 aromatic heterocycles. The van der Waals surface area contributed by atoms with E-state index in [2.05, 4.69) is 0 Å². The summed E-state index contributed by atoms with van der Waals surface area (Å²) < 4.78 is 35.2. The molecular formula is C8H8F3NOS. The fraction of sp³-hybridized carbons (Fsp3) is 0.375. The summed E-state index contributed by atoms with van der Waals surface area (Å²) in [6, 6.07) is 1.55. The molecule has 0 fully saturated rings. The Kier molecular flexibility index (Phi) is 3.15. The molecule has 78 valence electrons. The zero-order chi connectivity index (χ0) is 10.8. The molecular weight excluding hydrogens is 215 g/mol. The van der Waals surface area contributed by atoms with Crippen molar-refractivity contribution in [3.05, 3.63) is 21.9 Å². The van der Waals surface area contributed by atoms with Crippen molar-refractivity contribution in [3.8, 4) is 0 Å². The second-order valence-corrected chi connectivity index (χ2v) is 3.86. The fourth-order valence-electron chi connectivity index (χ4n) is 0.845. The van der Waals surface area contributed by atoms with Gasteiger partial charge in [0.2, 0.25) is 0 Å². The third-order valence-corrected chi connectivity index (χ3v) is 2.30. The van der Waals surface area contributed by atoms with Crippen molar-refractivity contribution >= 4 is 17.2 Å². The molecule has 0 aliphatic heterocycles. The van der Waals surface area contributed by atoms with Crippen molar-refractivity contribution in [2.45, 2.75) is 13.1 Å². The first-order valence-corrected chi connectivity index (χ1v) is 4.66.